The third kappa shape index (κ3) is 4.04. The fraction of sp³-hybridized carbons (Fsp3) is 0.0588. The van der Waals surface area contributed by atoms with E-state index in [1.165, 1.54) is 44.5 Å². The molecule has 1 atom stereocenters. The standard InChI is InChI=1S/C51H34O2/c1-33-26-28-48-44(30-33)50(36-15-3-2-4-16-36,42-22-9-11-24-46(42)52-48)37-17-13-14-34(31-37)35-27-29-49-45(32-35)51(43-23-10-12-25-47(43)53-49)40-20-7-5-18-38(40)39-19-6-8-21-41(39)51/h2-32H,1H3. The Morgan fingerprint density at radius 1 is 0.321 bits per heavy atom. The number of hydrogen-bond acceptors (Lipinski definition) is 2. The average Bonchev–Trinajstić information content (AvgIpc) is 3.51. The molecule has 1 unspecified atom stereocenters. The molecule has 0 saturated heterocycles. The molecule has 53 heavy (non-hydrogen) atoms. The minimum absolute atomic E-state index is 0.521. The molecule has 250 valence electrons. The summed E-state index contributed by atoms with van der Waals surface area (Å²) in [4.78, 5) is 0. The lowest BCUT2D eigenvalue weighted by Gasteiger charge is -2.42. The number of fused-ring (bicyclic) bond motifs is 11. The van der Waals surface area contributed by atoms with E-state index in [2.05, 4.69) is 195 Å². The Labute approximate surface area is 309 Å². The van der Waals surface area contributed by atoms with Crippen LogP contribution in [0.25, 0.3) is 22.3 Å². The van der Waals surface area contributed by atoms with Crippen LogP contribution in [-0.2, 0) is 10.8 Å². The van der Waals surface area contributed by atoms with Crippen molar-refractivity contribution in [1.29, 1.82) is 0 Å². The fourth-order valence-corrected chi connectivity index (χ4v) is 9.60. The van der Waals surface area contributed by atoms with Crippen molar-refractivity contribution in [2.24, 2.45) is 0 Å². The summed E-state index contributed by atoms with van der Waals surface area (Å²) in [5.41, 5.74) is 14.5. The number of hydrogen-bond donors (Lipinski definition) is 0. The maximum absolute atomic E-state index is 6.75. The number of rotatable bonds is 3. The average molecular weight is 679 g/mol. The summed E-state index contributed by atoms with van der Waals surface area (Å²) < 4.78 is 13.4. The van der Waals surface area contributed by atoms with Gasteiger partial charge in [-0.2, -0.15) is 0 Å². The van der Waals surface area contributed by atoms with Crippen LogP contribution in [0.2, 0.25) is 0 Å². The van der Waals surface area contributed by atoms with Crippen LogP contribution in [0.4, 0.5) is 0 Å². The van der Waals surface area contributed by atoms with E-state index in [0.717, 1.165) is 50.8 Å². The second kappa shape index (κ2) is 11.2. The third-order valence-electron chi connectivity index (χ3n) is 11.7. The third-order valence-corrected chi connectivity index (χ3v) is 11.7. The van der Waals surface area contributed by atoms with Crippen molar-refractivity contribution < 1.29 is 9.47 Å². The van der Waals surface area contributed by atoms with E-state index in [0.29, 0.717) is 0 Å². The predicted molar refractivity (Wildman–Crippen MR) is 212 cm³/mol. The van der Waals surface area contributed by atoms with E-state index < -0.39 is 10.8 Å². The molecule has 0 radical (unpaired) electrons. The van der Waals surface area contributed by atoms with Gasteiger partial charge in [0.2, 0.25) is 0 Å². The Morgan fingerprint density at radius 3 is 1.49 bits per heavy atom. The van der Waals surface area contributed by atoms with Gasteiger partial charge < -0.3 is 9.47 Å². The molecule has 3 aliphatic rings. The highest BCUT2D eigenvalue weighted by molar-refractivity contribution is 5.89. The van der Waals surface area contributed by atoms with Crippen LogP contribution >= 0.6 is 0 Å². The minimum Gasteiger partial charge on any atom is -0.457 e. The van der Waals surface area contributed by atoms with Crippen molar-refractivity contribution in [3.05, 3.63) is 238 Å². The molecule has 2 nitrogen and oxygen atoms in total. The SMILES string of the molecule is Cc1ccc2c(c1)C(c1ccccc1)(c1cccc(-c3ccc4c(c3)C3(c5ccccc5O4)c4ccccc4-c4ccccc43)c1)c1ccccc1O2. The molecule has 0 fully saturated rings. The first-order valence-corrected chi connectivity index (χ1v) is 18.3. The van der Waals surface area contributed by atoms with E-state index in [9.17, 15) is 0 Å². The van der Waals surface area contributed by atoms with Gasteiger partial charge in [0.15, 0.2) is 0 Å². The molecule has 0 amide bonds. The van der Waals surface area contributed by atoms with Gasteiger partial charge in [-0.3, -0.25) is 0 Å². The molecule has 8 aromatic carbocycles. The van der Waals surface area contributed by atoms with Gasteiger partial charge in [0, 0.05) is 22.3 Å². The summed E-state index contributed by atoms with van der Waals surface area (Å²) in [6.45, 7) is 2.16. The molecule has 0 saturated carbocycles. The van der Waals surface area contributed by atoms with Gasteiger partial charge in [-0.05, 0) is 87.8 Å². The van der Waals surface area contributed by atoms with Crippen LogP contribution in [0.3, 0.4) is 0 Å². The lowest BCUT2D eigenvalue weighted by atomic mass is 9.63. The molecule has 0 aromatic heterocycles. The van der Waals surface area contributed by atoms with Gasteiger partial charge >= 0.3 is 0 Å². The van der Waals surface area contributed by atoms with Crippen molar-refractivity contribution in [3.63, 3.8) is 0 Å². The molecule has 1 spiro atoms. The highest BCUT2D eigenvalue weighted by Gasteiger charge is 2.51. The van der Waals surface area contributed by atoms with Crippen molar-refractivity contribution in [3.8, 4) is 45.3 Å². The monoisotopic (exact) mass is 678 g/mol. The first-order valence-electron chi connectivity index (χ1n) is 18.3. The number of ether oxygens (including phenoxy) is 2. The van der Waals surface area contributed by atoms with Crippen LogP contribution in [0.1, 0.15) is 50.1 Å². The van der Waals surface area contributed by atoms with E-state index in [-0.39, 0.29) is 0 Å². The van der Waals surface area contributed by atoms with Gasteiger partial charge in [-0.1, -0.05) is 157 Å². The summed E-state index contributed by atoms with van der Waals surface area (Å²) in [6.07, 6.45) is 0. The van der Waals surface area contributed by atoms with Crippen LogP contribution < -0.4 is 9.47 Å². The van der Waals surface area contributed by atoms with Gasteiger partial charge in [0.1, 0.15) is 23.0 Å². The second-order valence-corrected chi connectivity index (χ2v) is 14.4. The molecule has 2 aliphatic heterocycles. The fourth-order valence-electron chi connectivity index (χ4n) is 9.60. The van der Waals surface area contributed by atoms with Crippen LogP contribution in [0.15, 0.2) is 188 Å². The summed E-state index contributed by atoms with van der Waals surface area (Å²) in [6, 6.07) is 68.2. The number of para-hydroxylation sites is 2. The molecular formula is C51H34O2. The first-order chi connectivity index (χ1) is 26.2. The van der Waals surface area contributed by atoms with E-state index in [1.54, 1.807) is 0 Å². The highest BCUT2D eigenvalue weighted by atomic mass is 16.5. The molecule has 8 aromatic rings. The largest absolute Gasteiger partial charge is 0.457 e. The Morgan fingerprint density at radius 2 is 0.811 bits per heavy atom. The smallest absolute Gasteiger partial charge is 0.132 e. The topological polar surface area (TPSA) is 18.5 Å². The molecule has 2 heterocycles. The Hall–Kier alpha value is -6.64. The van der Waals surface area contributed by atoms with E-state index in [1.807, 2.05) is 0 Å². The van der Waals surface area contributed by atoms with Gasteiger partial charge in [0.25, 0.3) is 0 Å². The zero-order valence-electron chi connectivity index (χ0n) is 29.2. The van der Waals surface area contributed by atoms with Crippen molar-refractivity contribution in [1.82, 2.24) is 0 Å². The number of benzene rings is 8. The van der Waals surface area contributed by atoms with Crippen molar-refractivity contribution in [2.45, 2.75) is 17.8 Å². The summed E-state index contributed by atoms with van der Waals surface area (Å²) >= 11 is 0. The predicted octanol–water partition coefficient (Wildman–Crippen LogP) is 12.6. The van der Waals surface area contributed by atoms with Gasteiger partial charge in [-0.25, -0.2) is 0 Å². The minimum atomic E-state index is -0.603. The lowest BCUT2D eigenvalue weighted by Crippen LogP contribution is -2.34. The Bertz CT molecular complexity index is 2710. The highest BCUT2D eigenvalue weighted by Crippen LogP contribution is 2.62. The molecule has 1 aliphatic carbocycles. The van der Waals surface area contributed by atoms with E-state index >= 15 is 0 Å². The van der Waals surface area contributed by atoms with Gasteiger partial charge in [-0.15, -0.1) is 0 Å². The first kappa shape index (κ1) is 30.0. The quantitative estimate of drug-likeness (QED) is 0.185. The molecule has 0 bridgehead atoms. The second-order valence-electron chi connectivity index (χ2n) is 14.4. The van der Waals surface area contributed by atoms with E-state index in [4.69, 9.17) is 9.47 Å². The number of aryl methyl sites for hydroxylation is 1. The Balaban J connectivity index is 1.17. The molecule has 11 rings (SSSR count). The normalized spacial score (nSPS) is 16.5. The van der Waals surface area contributed by atoms with Crippen molar-refractivity contribution in [2.75, 3.05) is 0 Å². The summed E-state index contributed by atoms with van der Waals surface area (Å²) in [5, 5.41) is 0. The van der Waals surface area contributed by atoms with Crippen LogP contribution in [0, 0.1) is 6.92 Å². The maximum atomic E-state index is 6.75. The summed E-state index contributed by atoms with van der Waals surface area (Å²) in [5.74, 6) is 3.55. The molecule has 0 N–H and O–H groups in total. The van der Waals surface area contributed by atoms with Crippen LogP contribution in [-0.4, -0.2) is 0 Å². The maximum Gasteiger partial charge on any atom is 0.132 e. The zero-order chi connectivity index (χ0) is 35.1. The zero-order valence-corrected chi connectivity index (χ0v) is 29.2. The van der Waals surface area contributed by atoms with Crippen molar-refractivity contribution >= 4 is 0 Å². The Kier molecular flexibility index (Phi) is 6.33. The molecule has 2 heteroatoms. The summed E-state index contributed by atoms with van der Waals surface area (Å²) in [7, 11) is 0. The lowest BCUT2D eigenvalue weighted by molar-refractivity contribution is 0.434. The van der Waals surface area contributed by atoms with Gasteiger partial charge in [0.05, 0.1) is 10.8 Å². The van der Waals surface area contributed by atoms with Crippen LogP contribution in [0.5, 0.6) is 23.0 Å². The molecular weight excluding hydrogens is 645 g/mol.